The van der Waals surface area contributed by atoms with Gasteiger partial charge in [-0.15, -0.1) is 0 Å². The number of rotatable bonds is 5. The molecule has 1 aromatic rings. The predicted octanol–water partition coefficient (Wildman–Crippen LogP) is 3.70. The van der Waals surface area contributed by atoms with Crippen LogP contribution in [-0.2, 0) is 6.42 Å². The minimum absolute atomic E-state index is 0.552. The lowest BCUT2D eigenvalue weighted by atomic mass is 9.79. The molecule has 1 heteroatoms. The molecule has 16 heavy (non-hydrogen) atoms. The smallest absolute Gasteiger partial charge is 0.0320 e. The lowest BCUT2D eigenvalue weighted by molar-refractivity contribution is 0.265. The van der Waals surface area contributed by atoms with Gasteiger partial charge < -0.3 is 5.32 Å². The van der Waals surface area contributed by atoms with Gasteiger partial charge in [-0.1, -0.05) is 50.5 Å². The Morgan fingerprint density at radius 2 is 1.94 bits per heavy atom. The molecule has 0 spiro atoms. The molecular weight excluding hydrogens is 194 g/mol. The van der Waals surface area contributed by atoms with Gasteiger partial charge in [-0.2, -0.15) is 0 Å². The zero-order valence-electron chi connectivity index (χ0n) is 10.5. The van der Waals surface area contributed by atoms with E-state index >= 15 is 0 Å². The van der Waals surface area contributed by atoms with Crippen molar-refractivity contribution < 1.29 is 0 Å². The molecule has 0 aliphatic heterocycles. The molecule has 0 bridgehead atoms. The highest BCUT2D eigenvalue weighted by Crippen LogP contribution is 2.34. The van der Waals surface area contributed by atoms with E-state index < -0.39 is 0 Å². The second kappa shape index (κ2) is 5.49. The molecule has 0 heterocycles. The van der Waals surface area contributed by atoms with E-state index in [1.54, 1.807) is 0 Å². The molecule has 0 saturated heterocycles. The monoisotopic (exact) mass is 217 g/mol. The molecule has 1 atom stereocenters. The maximum atomic E-state index is 3.45. The fraction of sp³-hybridized carbons (Fsp3) is 0.600. The minimum Gasteiger partial charge on any atom is -0.313 e. The number of nitrogens with one attached hydrogen (secondary N) is 1. The largest absolute Gasteiger partial charge is 0.313 e. The van der Waals surface area contributed by atoms with Gasteiger partial charge in [-0.25, -0.2) is 0 Å². The number of aryl methyl sites for hydroxylation is 1. The zero-order valence-corrected chi connectivity index (χ0v) is 10.5. The Labute approximate surface area is 99.3 Å². The Balaban J connectivity index is 2.00. The molecule has 1 aliphatic rings. The van der Waals surface area contributed by atoms with Crippen LogP contribution in [0.3, 0.4) is 0 Å². The molecule has 1 aliphatic carbocycles. The third-order valence-electron chi connectivity index (χ3n) is 3.93. The average molecular weight is 217 g/mol. The van der Waals surface area contributed by atoms with E-state index in [2.05, 4.69) is 43.6 Å². The number of hydrogen-bond acceptors (Lipinski definition) is 1. The summed E-state index contributed by atoms with van der Waals surface area (Å²) in [6.45, 7) is 2.21. The average Bonchev–Trinajstić information content (AvgIpc) is 2.28. The second-order valence-electron chi connectivity index (χ2n) is 4.97. The van der Waals surface area contributed by atoms with Gasteiger partial charge >= 0.3 is 0 Å². The van der Waals surface area contributed by atoms with Crippen molar-refractivity contribution in [2.24, 2.45) is 5.92 Å². The van der Waals surface area contributed by atoms with Crippen molar-refractivity contribution >= 4 is 0 Å². The van der Waals surface area contributed by atoms with E-state index in [1.807, 2.05) is 0 Å². The summed E-state index contributed by atoms with van der Waals surface area (Å²) in [5.41, 5.74) is 2.88. The second-order valence-corrected chi connectivity index (χ2v) is 4.97. The summed E-state index contributed by atoms with van der Waals surface area (Å²) < 4.78 is 0. The molecule has 88 valence electrons. The van der Waals surface area contributed by atoms with Crippen LogP contribution < -0.4 is 5.32 Å². The quantitative estimate of drug-likeness (QED) is 0.793. The molecule has 0 aromatic heterocycles. The van der Waals surface area contributed by atoms with Crippen molar-refractivity contribution in [3.05, 3.63) is 35.4 Å². The van der Waals surface area contributed by atoms with Crippen molar-refractivity contribution in [1.82, 2.24) is 5.32 Å². The first kappa shape index (κ1) is 11.7. The minimum atomic E-state index is 0.552. The first-order valence-corrected chi connectivity index (χ1v) is 6.59. The van der Waals surface area contributed by atoms with E-state index in [1.165, 1.54) is 36.8 Å². The van der Waals surface area contributed by atoms with Crippen molar-refractivity contribution in [3.8, 4) is 0 Å². The summed E-state index contributed by atoms with van der Waals surface area (Å²) in [6, 6.07) is 9.66. The van der Waals surface area contributed by atoms with E-state index in [0.29, 0.717) is 6.04 Å². The summed E-state index contributed by atoms with van der Waals surface area (Å²) in [4.78, 5) is 0. The topological polar surface area (TPSA) is 12.0 Å². The fourth-order valence-corrected chi connectivity index (χ4v) is 2.47. The maximum Gasteiger partial charge on any atom is 0.0320 e. The van der Waals surface area contributed by atoms with Crippen molar-refractivity contribution in [2.75, 3.05) is 7.05 Å². The highest BCUT2D eigenvalue weighted by atomic mass is 14.9. The Morgan fingerprint density at radius 1 is 1.25 bits per heavy atom. The summed E-state index contributed by atoms with van der Waals surface area (Å²) in [5, 5.41) is 3.45. The van der Waals surface area contributed by atoms with Crippen LogP contribution in [0, 0.1) is 5.92 Å². The third kappa shape index (κ3) is 2.65. The van der Waals surface area contributed by atoms with Gasteiger partial charge in [0.15, 0.2) is 0 Å². The van der Waals surface area contributed by atoms with Crippen LogP contribution in [0.25, 0.3) is 0 Å². The van der Waals surface area contributed by atoms with Crippen LogP contribution in [0.1, 0.15) is 49.8 Å². The molecule has 2 rings (SSSR count). The van der Waals surface area contributed by atoms with Gasteiger partial charge in [-0.05, 0) is 36.9 Å². The van der Waals surface area contributed by atoms with E-state index in [0.717, 1.165) is 12.3 Å². The van der Waals surface area contributed by atoms with Gasteiger partial charge in [0.2, 0.25) is 0 Å². The standard InChI is InChI=1S/C15H23N/c1-3-12-7-9-14(10-8-12)15(16-2)11-13-5-4-6-13/h7-10,13,15-16H,3-6,11H2,1-2H3. The fourth-order valence-electron chi connectivity index (χ4n) is 2.47. The zero-order chi connectivity index (χ0) is 11.4. The van der Waals surface area contributed by atoms with Gasteiger partial charge in [0.25, 0.3) is 0 Å². The molecule has 1 fully saturated rings. The first-order valence-electron chi connectivity index (χ1n) is 6.59. The molecule has 1 unspecified atom stereocenters. The number of benzene rings is 1. The highest BCUT2D eigenvalue weighted by molar-refractivity contribution is 5.25. The molecule has 1 N–H and O–H groups in total. The predicted molar refractivity (Wildman–Crippen MR) is 69.6 cm³/mol. The maximum absolute atomic E-state index is 3.45. The van der Waals surface area contributed by atoms with Gasteiger partial charge in [0.1, 0.15) is 0 Å². The lowest BCUT2D eigenvalue weighted by Crippen LogP contribution is -2.23. The summed E-state index contributed by atoms with van der Waals surface area (Å²) >= 11 is 0. The molecule has 1 nitrogen and oxygen atoms in total. The summed E-state index contributed by atoms with van der Waals surface area (Å²) in [5.74, 6) is 0.961. The van der Waals surface area contributed by atoms with Gasteiger partial charge in [-0.3, -0.25) is 0 Å². The van der Waals surface area contributed by atoms with Crippen molar-refractivity contribution in [1.29, 1.82) is 0 Å². The van der Waals surface area contributed by atoms with Gasteiger partial charge in [0, 0.05) is 6.04 Å². The molecule has 1 saturated carbocycles. The Morgan fingerprint density at radius 3 is 2.38 bits per heavy atom. The number of hydrogen-bond donors (Lipinski definition) is 1. The summed E-state index contributed by atoms with van der Waals surface area (Å²) in [7, 11) is 2.08. The Kier molecular flexibility index (Phi) is 4.00. The molecule has 1 aromatic carbocycles. The van der Waals surface area contributed by atoms with Crippen molar-refractivity contribution in [3.63, 3.8) is 0 Å². The SMILES string of the molecule is CCc1ccc(C(CC2CCC2)NC)cc1. The van der Waals surface area contributed by atoms with E-state index in [9.17, 15) is 0 Å². The molecule has 0 radical (unpaired) electrons. The van der Waals surface area contributed by atoms with Crippen LogP contribution >= 0.6 is 0 Å². The molecular formula is C15H23N. The molecule has 0 amide bonds. The normalized spacial score (nSPS) is 18.1. The summed E-state index contributed by atoms with van der Waals surface area (Å²) in [6.07, 6.45) is 6.75. The Bertz CT molecular complexity index is 311. The first-order chi connectivity index (χ1) is 7.83. The van der Waals surface area contributed by atoms with Crippen LogP contribution in [0.2, 0.25) is 0 Å². The van der Waals surface area contributed by atoms with E-state index in [4.69, 9.17) is 0 Å². The third-order valence-corrected chi connectivity index (χ3v) is 3.93. The lowest BCUT2D eigenvalue weighted by Gasteiger charge is -2.29. The van der Waals surface area contributed by atoms with Crippen LogP contribution in [0.5, 0.6) is 0 Å². The van der Waals surface area contributed by atoms with E-state index in [-0.39, 0.29) is 0 Å². The Hall–Kier alpha value is -0.820. The van der Waals surface area contributed by atoms with Crippen LogP contribution in [0.4, 0.5) is 0 Å². The van der Waals surface area contributed by atoms with Gasteiger partial charge in [0.05, 0.1) is 0 Å². The van der Waals surface area contributed by atoms with Crippen molar-refractivity contribution in [2.45, 2.75) is 45.1 Å². The van der Waals surface area contributed by atoms with Crippen LogP contribution in [-0.4, -0.2) is 7.05 Å². The van der Waals surface area contributed by atoms with Crippen LogP contribution in [0.15, 0.2) is 24.3 Å². The highest BCUT2D eigenvalue weighted by Gasteiger charge is 2.21.